The Morgan fingerprint density at radius 3 is 2.40 bits per heavy atom. The fourth-order valence-corrected chi connectivity index (χ4v) is 5.16. The molecule has 4 aromatic rings. The highest BCUT2D eigenvalue weighted by Crippen LogP contribution is 2.28. The molecule has 0 bridgehead atoms. The maximum absolute atomic E-state index is 13.3. The molecule has 2 heterocycles. The Hall–Kier alpha value is -3.78. The van der Waals surface area contributed by atoms with E-state index in [2.05, 4.69) is 10.3 Å². The number of aryl methyl sites for hydroxylation is 4. The third-order valence-corrected chi connectivity index (χ3v) is 7.18. The van der Waals surface area contributed by atoms with Crippen LogP contribution in [0, 0.1) is 27.7 Å². The van der Waals surface area contributed by atoms with Gasteiger partial charge in [-0.2, -0.15) is 0 Å². The van der Waals surface area contributed by atoms with E-state index in [1.807, 2.05) is 63.2 Å². The summed E-state index contributed by atoms with van der Waals surface area (Å²) in [5.41, 5.74) is 4.78. The summed E-state index contributed by atoms with van der Waals surface area (Å²) in [6.45, 7) is 9.37. The summed E-state index contributed by atoms with van der Waals surface area (Å²) in [6.07, 6.45) is 1.36. The molecule has 0 aliphatic rings. The second-order valence-electron chi connectivity index (χ2n) is 8.69. The normalized spacial score (nSPS) is 11.9. The Bertz CT molecular complexity index is 1460. The van der Waals surface area contributed by atoms with Crippen LogP contribution in [0.2, 0.25) is 0 Å². The Morgan fingerprint density at radius 2 is 1.74 bits per heavy atom. The van der Waals surface area contributed by atoms with Crippen LogP contribution in [0.4, 0.5) is 5.69 Å². The minimum atomic E-state index is -0.799. The third-order valence-electron chi connectivity index (χ3n) is 6.00. The molecular formula is C27H27N3O4S. The van der Waals surface area contributed by atoms with E-state index in [0.29, 0.717) is 20.7 Å². The van der Waals surface area contributed by atoms with Gasteiger partial charge in [-0.15, -0.1) is 11.3 Å². The molecule has 0 saturated heterocycles. The molecule has 180 valence electrons. The number of ether oxygens (including phenoxy) is 1. The number of carbonyl (C=O) groups excluding carboxylic acids is 2. The van der Waals surface area contributed by atoms with Crippen molar-refractivity contribution in [2.24, 2.45) is 0 Å². The minimum absolute atomic E-state index is 0.139. The van der Waals surface area contributed by atoms with Gasteiger partial charge in [0.25, 0.3) is 5.56 Å². The maximum Gasteiger partial charge on any atom is 0.349 e. The van der Waals surface area contributed by atoms with Crippen molar-refractivity contribution < 1.29 is 14.3 Å². The lowest BCUT2D eigenvalue weighted by molar-refractivity contribution is -0.118. The number of esters is 1. The van der Waals surface area contributed by atoms with Gasteiger partial charge < -0.3 is 10.1 Å². The molecule has 1 atom stereocenters. The van der Waals surface area contributed by atoms with Crippen LogP contribution >= 0.6 is 11.3 Å². The molecule has 1 amide bonds. The molecule has 1 N–H and O–H groups in total. The van der Waals surface area contributed by atoms with Crippen LogP contribution in [-0.4, -0.2) is 21.4 Å². The lowest BCUT2D eigenvalue weighted by Crippen LogP contribution is -2.32. The largest absolute Gasteiger partial charge is 0.457 e. The van der Waals surface area contributed by atoms with Gasteiger partial charge in [0.15, 0.2) is 0 Å². The van der Waals surface area contributed by atoms with Gasteiger partial charge in [-0.05, 0) is 56.9 Å². The van der Waals surface area contributed by atoms with Crippen LogP contribution < -0.4 is 10.9 Å². The van der Waals surface area contributed by atoms with E-state index < -0.39 is 12.0 Å². The van der Waals surface area contributed by atoms with Crippen LogP contribution in [0.5, 0.6) is 0 Å². The smallest absolute Gasteiger partial charge is 0.349 e. The van der Waals surface area contributed by atoms with Gasteiger partial charge in [0.2, 0.25) is 5.91 Å². The van der Waals surface area contributed by atoms with Crippen molar-refractivity contribution in [2.45, 2.75) is 47.3 Å². The molecule has 0 saturated carbocycles. The molecule has 2 aromatic heterocycles. The number of nitrogens with zero attached hydrogens (tertiary/aromatic N) is 2. The quantitative estimate of drug-likeness (QED) is 0.374. The molecule has 0 aliphatic heterocycles. The molecule has 2 aromatic carbocycles. The predicted octanol–water partition coefficient (Wildman–Crippen LogP) is 5.25. The second kappa shape index (κ2) is 9.84. The number of rotatable bonds is 6. The zero-order valence-corrected chi connectivity index (χ0v) is 21.2. The monoisotopic (exact) mass is 489 g/mol. The summed E-state index contributed by atoms with van der Waals surface area (Å²) in [4.78, 5) is 44.3. The van der Waals surface area contributed by atoms with Crippen molar-refractivity contribution in [1.29, 1.82) is 0 Å². The first-order valence-electron chi connectivity index (χ1n) is 11.3. The van der Waals surface area contributed by atoms with Crippen molar-refractivity contribution in [3.63, 3.8) is 0 Å². The molecule has 7 nitrogen and oxygen atoms in total. The zero-order valence-electron chi connectivity index (χ0n) is 20.3. The molecule has 4 rings (SSSR count). The van der Waals surface area contributed by atoms with Gasteiger partial charge >= 0.3 is 5.97 Å². The third kappa shape index (κ3) is 4.88. The van der Waals surface area contributed by atoms with Crippen molar-refractivity contribution in [3.05, 3.63) is 91.8 Å². The number of amides is 1. The van der Waals surface area contributed by atoms with Crippen molar-refractivity contribution in [2.75, 3.05) is 5.32 Å². The molecule has 1 unspecified atom stereocenters. The van der Waals surface area contributed by atoms with Gasteiger partial charge in [-0.1, -0.05) is 48.0 Å². The number of carbonyl (C=O) groups is 2. The standard InChI is InChI=1S/C27H27N3O4S/c1-15-11-16(2)22(17(3)12-15)29-24(31)19(5)30-14-28-25-21(26(30)32)18(4)23(35-25)27(33)34-13-20-9-7-6-8-10-20/h6-12,14,19H,13H2,1-5H3,(H,29,31). The number of hydrogen-bond donors (Lipinski definition) is 1. The number of aromatic nitrogens is 2. The number of nitrogens with one attached hydrogen (secondary N) is 1. The Kier molecular flexibility index (Phi) is 6.84. The Morgan fingerprint density at radius 1 is 1.09 bits per heavy atom. The van der Waals surface area contributed by atoms with Gasteiger partial charge in [0, 0.05) is 5.69 Å². The number of anilines is 1. The summed E-state index contributed by atoms with van der Waals surface area (Å²) < 4.78 is 6.75. The van der Waals surface area contributed by atoms with Gasteiger partial charge in [0.05, 0.1) is 11.7 Å². The van der Waals surface area contributed by atoms with E-state index in [9.17, 15) is 14.4 Å². The summed E-state index contributed by atoms with van der Waals surface area (Å²) in [6, 6.07) is 12.6. The Balaban J connectivity index is 1.59. The number of benzene rings is 2. The molecule has 8 heteroatoms. The van der Waals surface area contributed by atoms with E-state index in [-0.39, 0.29) is 18.1 Å². The summed E-state index contributed by atoms with van der Waals surface area (Å²) in [7, 11) is 0. The number of fused-ring (bicyclic) bond motifs is 1. The topological polar surface area (TPSA) is 90.3 Å². The average Bonchev–Trinajstić information content (AvgIpc) is 3.17. The molecule has 0 spiro atoms. The van der Waals surface area contributed by atoms with Crippen LogP contribution in [-0.2, 0) is 16.1 Å². The molecule has 35 heavy (non-hydrogen) atoms. The van der Waals surface area contributed by atoms with Crippen LogP contribution in [0.25, 0.3) is 10.2 Å². The summed E-state index contributed by atoms with van der Waals surface area (Å²) >= 11 is 1.12. The van der Waals surface area contributed by atoms with E-state index in [4.69, 9.17) is 4.74 Å². The van der Waals surface area contributed by atoms with Crippen LogP contribution in [0.1, 0.15) is 50.5 Å². The highest BCUT2D eigenvalue weighted by molar-refractivity contribution is 7.20. The van der Waals surface area contributed by atoms with E-state index >= 15 is 0 Å². The molecular weight excluding hydrogens is 462 g/mol. The zero-order chi connectivity index (χ0) is 25.3. The lowest BCUT2D eigenvalue weighted by Gasteiger charge is -2.18. The van der Waals surface area contributed by atoms with Crippen LogP contribution in [0.3, 0.4) is 0 Å². The predicted molar refractivity (Wildman–Crippen MR) is 138 cm³/mol. The summed E-state index contributed by atoms with van der Waals surface area (Å²) in [5.74, 6) is -0.824. The first-order valence-corrected chi connectivity index (χ1v) is 12.1. The first-order chi connectivity index (χ1) is 16.7. The number of hydrogen-bond acceptors (Lipinski definition) is 6. The van der Waals surface area contributed by atoms with Crippen LogP contribution in [0.15, 0.2) is 53.6 Å². The van der Waals surface area contributed by atoms with Crippen molar-refractivity contribution in [3.8, 4) is 0 Å². The fraction of sp³-hybridized carbons (Fsp3) is 0.259. The van der Waals surface area contributed by atoms with Gasteiger partial charge in [-0.3, -0.25) is 14.2 Å². The molecule has 0 radical (unpaired) electrons. The fourth-order valence-electron chi connectivity index (χ4n) is 4.13. The average molecular weight is 490 g/mol. The number of thiophene rings is 1. The van der Waals surface area contributed by atoms with Gasteiger partial charge in [0.1, 0.15) is 22.4 Å². The Labute approximate surface area is 207 Å². The SMILES string of the molecule is Cc1cc(C)c(NC(=O)C(C)n2cnc3sc(C(=O)OCc4ccccc4)c(C)c3c2=O)c(C)c1. The highest BCUT2D eigenvalue weighted by atomic mass is 32.1. The van der Waals surface area contributed by atoms with E-state index in [1.54, 1.807) is 13.8 Å². The second-order valence-corrected chi connectivity index (χ2v) is 9.69. The first kappa shape index (κ1) is 24.3. The van der Waals surface area contributed by atoms with Gasteiger partial charge in [-0.25, -0.2) is 9.78 Å². The van der Waals surface area contributed by atoms with E-state index in [0.717, 1.165) is 39.3 Å². The maximum atomic E-state index is 13.3. The molecule has 0 fully saturated rings. The minimum Gasteiger partial charge on any atom is -0.457 e. The van der Waals surface area contributed by atoms with Crippen molar-refractivity contribution >= 4 is 39.1 Å². The lowest BCUT2D eigenvalue weighted by atomic mass is 10.0. The van der Waals surface area contributed by atoms with Crippen molar-refractivity contribution in [1.82, 2.24) is 9.55 Å². The van der Waals surface area contributed by atoms with E-state index in [1.165, 1.54) is 10.9 Å². The highest BCUT2D eigenvalue weighted by Gasteiger charge is 2.24. The molecule has 0 aliphatic carbocycles. The summed E-state index contributed by atoms with van der Waals surface area (Å²) in [5, 5.41) is 3.28.